The fourth-order valence-electron chi connectivity index (χ4n) is 7.25. The van der Waals surface area contributed by atoms with E-state index in [1.54, 1.807) is 324 Å². The van der Waals surface area contributed by atoms with Crippen molar-refractivity contribution in [3.05, 3.63) is 70.8 Å². The molecule has 59 heteroatoms. The molecule has 642 valence electrons. The molecule has 2 aliphatic heterocycles. The molecule has 0 bridgehead atoms. The number of unbranched alkanes of at least 4 members (excludes halogenated alkanes) is 2. The molecule has 0 aromatic heterocycles. The van der Waals surface area contributed by atoms with Crippen molar-refractivity contribution in [1.82, 2.24) is 0 Å². The SMILES string of the molecule is CC(C)(CCC(=O)O)SSCCCCO.CCC1(CC)COC(c2ccc(CCC(=O)CCC(C)(C)SSCCCCO)cc2)OC1.CCC1(CC)COC(c2ccc(CN)cc2)OC1.S=S=S=S=S=S=S=S=S=S=S=S=S=S=S=S=S=S=S=S=S=S.S=S=S=S=S=S=S=S=S=S=S=S=S=S=S=S=S=S=S=S=S=S=S. The maximum atomic E-state index is 12.4. The minimum atomic E-state index is -0.728. The Hall–Kier alpha value is 8.60. The summed E-state index contributed by atoms with van der Waals surface area (Å²) in [6.07, 6.45) is 11.5. The summed E-state index contributed by atoms with van der Waals surface area (Å²) >= 11 is 19.1. The van der Waals surface area contributed by atoms with Crippen LogP contribution in [0.15, 0.2) is 48.5 Å². The average Bonchev–Trinajstić information content (AvgIpc) is 0.836. The number of Topliss-reactive ketones (excluding diaryl/α,β-unsaturated/α-hetero) is 1. The molecule has 110 heavy (non-hydrogen) atoms. The predicted octanol–water partition coefficient (Wildman–Crippen LogP) is 12.4. The van der Waals surface area contributed by atoms with Crippen molar-refractivity contribution in [2.75, 3.05) is 51.1 Å². The zero-order valence-electron chi connectivity index (χ0n) is 59.4. The summed E-state index contributed by atoms with van der Waals surface area (Å²) in [6, 6.07) is 16.5. The molecular formula is C51H85NO9S49. The van der Waals surface area contributed by atoms with Crippen LogP contribution in [-0.2, 0) is 450 Å². The first-order valence-corrected chi connectivity index (χ1v) is 93.1. The molecule has 5 N–H and O–H groups in total. The lowest BCUT2D eigenvalue weighted by Gasteiger charge is -2.39. The summed E-state index contributed by atoms with van der Waals surface area (Å²) < 4.78 is 23.9. The zero-order chi connectivity index (χ0) is 81.2. The second-order valence-corrected chi connectivity index (χ2v) is 100. The molecule has 0 aliphatic carbocycles. The van der Waals surface area contributed by atoms with E-state index >= 15 is 0 Å². The number of ether oxygens (including phenoxy) is 4. The van der Waals surface area contributed by atoms with Gasteiger partial charge in [-0.05, 0) is 109 Å². The number of carboxylic acids is 1. The smallest absolute Gasteiger partial charge is 0.303 e. The zero-order valence-corrected chi connectivity index (χ0v) is 99.4. The van der Waals surface area contributed by atoms with E-state index in [9.17, 15) is 9.59 Å². The molecule has 4 rings (SSSR count). The summed E-state index contributed by atoms with van der Waals surface area (Å²) in [5.41, 5.74) is 10.4. The highest BCUT2D eigenvalue weighted by Crippen LogP contribution is 2.41. The highest BCUT2D eigenvalue weighted by molar-refractivity contribution is 8.81. The minimum Gasteiger partial charge on any atom is -0.481 e. The number of ketones is 1. The Morgan fingerprint density at radius 2 is 0.655 bits per heavy atom. The highest BCUT2D eigenvalue weighted by Gasteiger charge is 2.36. The Morgan fingerprint density at radius 3 is 0.891 bits per heavy atom. The number of aliphatic carboxylic acids is 1. The second kappa shape index (κ2) is 85.7. The van der Waals surface area contributed by atoms with Gasteiger partial charge in [0.25, 0.3) is 0 Å². The third-order valence-corrected chi connectivity index (χ3v) is 107. The van der Waals surface area contributed by atoms with Crippen molar-refractivity contribution in [2.24, 2.45) is 16.6 Å². The Balaban J connectivity index is 0.00000138. The van der Waals surface area contributed by atoms with Gasteiger partial charge in [-0.15, -0.1) is 0 Å². The standard InChI is InChI=1S/C26H42O4S2.C15H23NO2.C10H20O3S2.S23.S22/c1-5-26(6-2)19-29-24(30-20-26)22-12-9-21(10-13-22)11-14-23(28)15-16-25(3,4)32-31-18-8-7-17-27;1-3-15(4-2)10-17-14(18-11-15)13-7-5-12(9-16)6-8-13;1-10(2,6-5-9(12)13)15-14-8-4-3-7-11;1-3-5-7-9-11-13-15-17-19-21-23-22-20-18-16-14-12-10-8-6-4-2;1-3-5-7-9-11-13-15-17-19-21-22-20-18-16-14-12-10-8-6-4-2/h9-10,12-13,24,27H,5-8,11,14-20H2,1-4H3;5-8,14H,3-4,9-11,16H2,1-2H3;11H,3-8H2,1-2H3,(H,12,13);;. The second-order valence-electron chi connectivity index (χ2n) is 21.4. The monoisotopic (exact) mass is 2420 g/mol. The van der Waals surface area contributed by atoms with E-state index in [0.717, 1.165) is 119 Å². The molecule has 0 unspecified atom stereocenters. The van der Waals surface area contributed by atoms with Gasteiger partial charge in [-0.3, -0.25) is 9.59 Å². The molecule has 0 amide bonds. The van der Waals surface area contributed by atoms with Crippen LogP contribution in [0, 0.1) is 10.8 Å². The van der Waals surface area contributed by atoms with Gasteiger partial charge in [-0.2, -0.15) is 0 Å². The maximum Gasteiger partial charge on any atom is 0.303 e. The molecule has 10 nitrogen and oxygen atoms in total. The fourth-order valence-corrected chi connectivity index (χ4v) is 114. The van der Waals surface area contributed by atoms with Gasteiger partial charge in [-0.1, -0.05) is 119 Å². The van der Waals surface area contributed by atoms with Crippen molar-refractivity contribution in [2.45, 2.75) is 174 Å². The lowest BCUT2D eigenvalue weighted by molar-refractivity contribution is -0.235. The van der Waals surface area contributed by atoms with Gasteiger partial charge in [0.05, 0.1) is 26.4 Å². The van der Waals surface area contributed by atoms with Crippen LogP contribution >= 0.6 is 43.2 Å². The van der Waals surface area contributed by atoms with Gasteiger partial charge in [-0.25, -0.2) is 0 Å². The van der Waals surface area contributed by atoms with Crippen molar-refractivity contribution in [3.63, 3.8) is 0 Å². The number of rotatable bonds is 28. The molecular weight excluding hydrogens is 2340 g/mol. The molecule has 0 saturated carbocycles. The van der Waals surface area contributed by atoms with Crippen LogP contribution in [0.5, 0.6) is 0 Å². The molecule has 2 aromatic carbocycles. The Labute approximate surface area is 804 Å². The number of nitrogens with two attached hydrogens (primary N) is 1. The van der Waals surface area contributed by atoms with Crippen LogP contribution in [0.4, 0.5) is 0 Å². The lowest BCUT2D eigenvalue weighted by atomic mass is 9.83. The number of aryl methyl sites for hydroxylation is 1. The molecule has 2 aromatic rings. The number of carbonyl (C=O) groups excluding carboxylic acids is 1. The number of carbonyl (C=O) groups is 2. The largest absolute Gasteiger partial charge is 0.481 e. The Morgan fingerprint density at radius 1 is 0.400 bits per heavy atom. The van der Waals surface area contributed by atoms with Gasteiger partial charge >= 0.3 is 5.97 Å². The third-order valence-electron chi connectivity index (χ3n) is 13.5. The Bertz CT molecular complexity index is 4900. The number of benzene rings is 2. The van der Waals surface area contributed by atoms with E-state index < -0.39 is 5.97 Å². The summed E-state index contributed by atoms with van der Waals surface area (Å²) in [5.74, 6) is 1.67. The van der Waals surface area contributed by atoms with E-state index in [4.69, 9.17) is 84.8 Å². The van der Waals surface area contributed by atoms with Gasteiger partial charge < -0.3 is 40.0 Å². The first kappa shape index (κ1) is 119. The van der Waals surface area contributed by atoms with E-state index in [-0.39, 0.29) is 52.5 Å². The van der Waals surface area contributed by atoms with Crippen molar-refractivity contribution in [1.29, 1.82) is 0 Å². The first-order chi connectivity index (χ1) is 53.4. The number of carboxylic acid groups (broad SMARTS) is 1. The van der Waals surface area contributed by atoms with Gasteiger partial charge in [0.1, 0.15) is 5.78 Å². The number of hydrogen-bond acceptors (Lipinski definition) is 17. The van der Waals surface area contributed by atoms with E-state index in [2.05, 4.69) is 79.7 Å². The summed E-state index contributed by atoms with van der Waals surface area (Å²) in [6.45, 7) is 21.5. The van der Waals surface area contributed by atoms with Gasteiger partial charge in [0.2, 0.25) is 0 Å². The summed E-state index contributed by atoms with van der Waals surface area (Å²) in [4.78, 5) is 22.8. The quantitative estimate of drug-likeness (QED) is 0.0471. The van der Waals surface area contributed by atoms with Crippen molar-refractivity contribution in [3.8, 4) is 0 Å². The van der Waals surface area contributed by atoms with Gasteiger partial charge in [0, 0.05) is 491 Å². The van der Waals surface area contributed by atoms with E-state index in [1.165, 1.54) is 41.1 Å². The van der Waals surface area contributed by atoms with E-state index in [1.807, 2.05) is 72.5 Å². The first-order valence-electron chi connectivity index (χ1n) is 31.1. The van der Waals surface area contributed by atoms with Crippen LogP contribution < -0.4 is 5.73 Å². The van der Waals surface area contributed by atoms with Crippen LogP contribution in [0.2, 0.25) is 0 Å². The molecule has 0 radical (unpaired) electrons. The topological polar surface area (TPSA) is 158 Å². The van der Waals surface area contributed by atoms with Crippen LogP contribution in [0.25, 0.3) is 0 Å². The average molecular weight is 2430 g/mol. The molecule has 2 aliphatic rings. The lowest BCUT2D eigenvalue weighted by Crippen LogP contribution is -2.37. The van der Waals surface area contributed by atoms with Crippen molar-refractivity contribution >= 4 is 464 Å². The van der Waals surface area contributed by atoms with Crippen LogP contribution in [0.1, 0.15) is 174 Å². The van der Waals surface area contributed by atoms with Gasteiger partial charge in [0.15, 0.2) is 12.6 Å². The summed E-state index contributed by atoms with van der Waals surface area (Å²) in [5, 5.41) is 26.0. The number of aliphatic hydroxyl groups excluding tert-OH is 2. The molecule has 2 heterocycles. The van der Waals surface area contributed by atoms with Crippen LogP contribution in [-0.4, -0.2) is 87.7 Å². The van der Waals surface area contributed by atoms with E-state index in [0.29, 0.717) is 31.6 Å². The normalized spacial score (nSPS) is 12.8. The van der Waals surface area contributed by atoms with Crippen LogP contribution in [0.3, 0.4) is 0 Å². The van der Waals surface area contributed by atoms with Crippen molar-refractivity contribution < 1.29 is 43.9 Å². The third kappa shape index (κ3) is 72.5. The fraction of sp³-hybridized carbons (Fsp3) is 0.725. The maximum absolute atomic E-state index is 12.4. The molecule has 0 atom stereocenters. The summed E-state index contributed by atoms with van der Waals surface area (Å²) in [7, 11) is 78.0. The number of hydrogen-bond donors (Lipinski definition) is 4. The molecule has 0 spiro atoms. The highest BCUT2D eigenvalue weighted by atomic mass is 33.5. The molecule has 2 saturated heterocycles. The predicted molar refractivity (Wildman–Crippen MR) is 608 cm³/mol. The Kier molecular flexibility index (Phi) is 92.4. The molecule has 2 fully saturated rings. The number of aliphatic hydroxyl groups is 2. The minimum absolute atomic E-state index is 0.0161.